The van der Waals surface area contributed by atoms with Crippen molar-refractivity contribution >= 4 is 50.5 Å². The van der Waals surface area contributed by atoms with Crippen molar-refractivity contribution in [3.8, 4) is 5.19 Å². The molecule has 0 saturated carbocycles. The Bertz CT molecular complexity index is 870. The van der Waals surface area contributed by atoms with Crippen LogP contribution in [0.2, 0.25) is 10.0 Å². The van der Waals surface area contributed by atoms with Crippen LogP contribution in [-0.4, -0.2) is 49.9 Å². The zero-order valence-electron chi connectivity index (χ0n) is 13.4. The summed E-state index contributed by atoms with van der Waals surface area (Å²) in [6, 6.07) is 4.39. The monoisotopic (exact) mass is 435 g/mol. The largest absolute Gasteiger partial charge is 0.465 e. The molecule has 7 nitrogen and oxygen atoms in total. The second-order valence-electron chi connectivity index (χ2n) is 5.54. The first-order valence-electron chi connectivity index (χ1n) is 7.64. The number of amides is 1. The van der Waals surface area contributed by atoms with Crippen molar-refractivity contribution in [2.75, 3.05) is 19.6 Å². The van der Waals surface area contributed by atoms with Crippen molar-refractivity contribution in [3.63, 3.8) is 0 Å². The first-order valence-corrected chi connectivity index (χ1v) is 10.8. The molecule has 0 bridgehead atoms. The Hall–Kier alpha value is -1.39. The fourth-order valence-electron chi connectivity index (χ4n) is 2.54. The number of carbonyl (C=O) groups excluding carboxylic acids is 1. The third kappa shape index (κ3) is 4.47. The van der Waals surface area contributed by atoms with Crippen LogP contribution in [0.4, 0.5) is 0 Å². The van der Waals surface area contributed by atoms with E-state index in [4.69, 9.17) is 27.9 Å². The van der Waals surface area contributed by atoms with Crippen molar-refractivity contribution < 1.29 is 17.9 Å². The lowest BCUT2D eigenvalue weighted by atomic mass is 10.3. The highest BCUT2D eigenvalue weighted by molar-refractivity contribution is 7.89. The molecular weight excluding hydrogens is 421 g/mol. The zero-order chi connectivity index (χ0) is 18.7. The van der Waals surface area contributed by atoms with Gasteiger partial charge >= 0.3 is 0 Å². The molecule has 0 aliphatic carbocycles. The van der Waals surface area contributed by atoms with Crippen LogP contribution in [0.25, 0.3) is 0 Å². The summed E-state index contributed by atoms with van der Waals surface area (Å²) in [4.78, 5) is 17.7. The second kappa shape index (κ2) is 8.10. The average Bonchev–Trinajstić information content (AvgIpc) is 3.25. The normalized spacial score (nSPS) is 17.5. The molecule has 1 aromatic carbocycles. The van der Waals surface area contributed by atoms with Crippen molar-refractivity contribution in [2.24, 2.45) is 0 Å². The van der Waals surface area contributed by atoms with Gasteiger partial charge in [0.2, 0.25) is 15.9 Å². The molecule has 1 aromatic heterocycles. The third-order valence-electron chi connectivity index (χ3n) is 3.78. The standard InChI is InChI=1S/C15H15Cl2N3O4S2/c16-11-2-1-3-12(17)14(11)26(22,23)19-8-13(21)20-6-4-10(9-20)24-15-18-5-7-25-15/h1-3,5,7,10,19H,4,6,8-9H2. The number of carbonyl (C=O) groups is 1. The summed E-state index contributed by atoms with van der Waals surface area (Å²) in [6.45, 7) is 0.490. The Balaban J connectivity index is 1.57. The Morgan fingerprint density at radius 3 is 2.77 bits per heavy atom. The van der Waals surface area contributed by atoms with Gasteiger partial charge in [-0.3, -0.25) is 4.79 Å². The SMILES string of the molecule is O=C(CNS(=O)(=O)c1c(Cl)cccc1Cl)N1CCC(Oc2nccs2)C1. The highest BCUT2D eigenvalue weighted by Gasteiger charge is 2.29. The van der Waals surface area contributed by atoms with Crippen LogP contribution in [0.15, 0.2) is 34.7 Å². The zero-order valence-corrected chi connectivity index (χ0v) is 16.5. The Labute approximate surface area is 164 Å². The van der Waals surface area contributed by atoms with E-state index >= 15 is 0 Å². The van der Waals surface area contributed by atoms with Gasteiger partial charge in [-0.05, 0) is 12.1 Å². The number of sulfonamides is 1. The Morgan fingerprint density at radius 1 is 1.38 bits per heavy atom. The van der Waals surface area contributed by atoms with E-state index in [9.17, 15) is 13.2 Å². The number of benzene rings is 1. The van der Waals surface area contributed by atoms with E-state index in [0.717, 1.165) is 0 Å². The molecule has 1 amide bonds. The molecule has 26 heavy (non-hydrogen) atoms. The van der Waals surface area contributed by atoms with Crippen molar-refractivity contribution in [3.05, 3.63) is 39.8 Å². The molecule has 1 unspecified atom stereocenters. The van der Waals surface area contributed by atoms with Gasteiger partial charge in [-0.25, -0.2) is 18.1 Å². The van der Waals surface area contributed by atoms with Gasteiger partial charge in [0.15, 0.2) is 0 Å². The highest BCUT2D eigenvalue weighted by Crippen LogP contribution is 2.28. The molecule has 3 rings (SSSR count). The van der Waals surface area contributed by atoms with Gasteiger partial charge in [-0.1, -0.05) is 40.6 Å². The first-order chi connectivity index (χ1) is 12.4. The molecule has 1 aliphatic rings. The number of likely N-dealkylation sites (tertiary alicyclic amines) is 1. The van der Waals surface area contributed by atoms with Crippen LogP contribution in [0.1, 0.15) is 6.42 Å². The minimum Gasteiger partial charge on any atom is -0.465 e. The summed E-state index contributed by atoms with van der Waals surface area (Å²) in [5.74, 6) is -0.345. The van der Waals surface area contributed by atoms with Crippen molar-refractivity contribution in [1.82, 2.24) is 14.6 Å². The molecule has 0 spiro atoms. The number of hydrogen-bond donors (Lipinski definition) is 1. The van der Waals surface area contributed by atoms with Gasteiger partial charge in [-0.2, -0.15) is 0 Å². The summed E-state index contributed by atoms with van der Waals surface area (Å²) in [5.41, 5.74) is 0. The molecule has 1 saturated heterocycles. The number of hydrogen-bond acceptors (Lipinski definition) is 6. The summed E-state index contributed by atoms with van der Waals surface area (Å²) >= 11 is 13.2. The maximum Gasteiger partial charge on any atom is 0.273 e. The van der Waals surface area contributed by atoms with Crippen molar-refractivity contribution in [1.29, 1.82) is 0 Å². The van der Waals surface area contributed by atoms with Gasteiger partial charge in [0.25, 0.3) is 5.19 Å². The van der Waals surface area contributed by atoms with E-state index in [1.54, 1.807) is 17.2 Å². The topological polar surface area (TPSA) is 88.6 Å². The Kier molecular flexibility index (Phi) is 6.03. The van der Waals surface area contributed by atoms with Crippen molar-refractivity contribution in [2.45, 2.75) is 17.4 Å². The molecule has 2 aromatic rings. The predicted octanol–water partition coefficient (Wildman–Crippen LogP) is 2.41. The molecule has 0 radical (unpaired) electrons. The lowest BCUT2D eigenvalue weighted by Crippen LogP contribution is -2.39. The van der Waals surface area contributed by atoms with Gasteiger partial charge in [0, 0.05) is 24.5 Å². The lowest BCUT2D eigenvalue weighted by Gasteiger charge is -2.17. The average molecular weight is 436 g/mol. The fourth-order valence-corrected chi connectivity index (χ4v) is 5.21. The van der Waals surface area contributed by atoms with E-state index in [1.807, 2.05) is 5.38 Å². The minimum atomic E-state index is -4.00. The first kappa shape index (κ1) is 19.4. The lowest BCUT2D eigenvalue weighted by molar-refractivity contribution is -0.129. The van der Waals surface area contributed by atoms with E-state index in [1.165, 1.54) is 23.5 Å². The van der Waals surface area contributed by atoms with E-state index < -0.39 is 10.0 Å². The van der Waals surface area contributed by atoms with E-state index in [-0.39, 0.29) is 33.5 Å². The van der Waals surface area contributed by atoms with Crippen LogP contribution in [0, 0.1) is 0 Å². The van der Waals surface area contributed by atoms with Crippen LogP contribution in [-0.2, 0) is 14.8 Å². The predicted molar refractivity (Wildman–Crippen MR) is 99.4 cm³/mol. The number of rotatable bonds is 6. The summed E-state index contributed by atoms with van der Waals surface area (Å²) in [6.07, 6.45) is 2.15. The summed E-state index contributed by atoms with van der Waals surface area (Å²) < 4.78 is 32.7. The van der Waals surface area contributed by atoms with Crippen LogP contribution >= 0.6 is 34.5 Å². The maximum atomic E-state index is 12.4. The number of nitrogens with zero attached hydrogens (tertiary/aromatic N) is 2. The molecule has 1 aliphatic heterocycles. The van der Waals surface area contributed by atoms with Crippen LogP contribution in [0.3, 0.4) is 0 Å². The second-order valence-corrected chi connectivity index (χ2v) is 8.92. The molecule has 140 valence electrons. The highest BCUT2D eigenvalue weighted by atomic mass is 35.5. The van der Waals surface area contributed by atoms with Gasteiger partial charge in [0.05, 0.1) is 23.1 Å². The van der Waals surface area contributed by atoms with E-state index in [0.29, 0.717) is 24.7 Å². The minimum absolute atomic E-state index is 0.00414. The number of ether oxygens (including phenoxy) is 1. The molecule has 1 N–H and O–H groups in total. The quantitative estimate of drug-likeness (QED) is 0.752. The molecular formula is C15H15Cl2N3O4S2. The summed E-state index contributed by atoms with van der Waals surface area (Å²) in [5, 5.41) is 2.35. The van der Waals surface area contributed by atoms with Crippen LogP contribution in [0.5, 0.6) is 5.19 Å². The van der Waals surface area contributed by atoms with Gasteiger partial charge < -0.3 is 9.64 Å². The number of aromatic nitrogens is 1. The fraction of sp³-hybridized carbons (Fsp3) is 0.333. The molecule has 1 fully saturated rings. The van der Waals surface area contributed by atoms with E-state index in [2.05, 4.69) is 9.71 Å². The number of thiazole rings is 1. The van der Waals surface area contributed by atoms with Gasteiger partial charge in [0.1, 0.15) is 11.0 Å². The van der Waals surface area contributed by atoms with Crippen LogP contribution < -0.4 is 9.46 Å². The third-order valence-corrected chi connectivity index (χ3v) is 6.79. The maximum absolute atomic E-state index is 12.4. The number of halogens is 2. The Morgan fingerprint density at radius 2 is 2.12 bits per heavy atom. The van der Waals surface area contributed by atoms with Gasteiger partial charge in [-0.15, -0.1) is 0 Å². The number of nitrogens with one attached hydrogen (secondary N) is 1. The molecule has 2 heterocycles. The smallest absolute Gasteiger partial charge is 0.273 e. The summed E-state index contributed by atoms with van der Waals surface area (Å²) in [7, 11) is -4.00. The molecule has 11 heteroatoms. The molecule has 1 atom stereocenters.